The van der Waals surface area contributed by atoms with Gasteiger partial charge in [0.05, 0.1) is 5.52 Å². The van der Waals surface area contributed by atoms with Crippen LogP contribution in [0, 0.1) is 5.82 Å². The second-order valence-corrected chi connectivity index (χ2v) is 7.78. The Morgan fingerprint density at radius 3 is 2.78 bits per heavy atom. The molecule has 4 rings (SSSR count). The smallest absolute Gasteiger partial charge is 0.408 e. The molecule has 1 aromatic heterocycles. The zero-order valence-corrected chi connectivity index (χ0v) is 15.5. The summed E-state index contributed by atoms with van der Waals surface area (Å²) in [4.78, 5) is 26.6. The minimum atomic E-state index is -0.530. The molecule has 3 aromatic rings. The second kappa shape index (κ2) is 7.60. The molecule has 140 valence electrons. The van der Waals surface area contributed by atoms with Gasteiger partial charge in [-0.3, -0.25) is 9.36 Å². The Morgan fingerprint density at radius 1 is 1.15 bits per heavy atom. The van der Waals surface area contributed by atoms with Crippen molar-refractivity contribution in [1.29, 1.82) is 0 Å². The molecular formula is C20H19FN2O3S. The minimum absolute atomic E-state index is 0.0291. The lowest BCUT2D eigenvalue weighted by Gasteiger charge is -2.20. The number of nitrogens with zero attached hydrogens (tertiary/aromatic N) is 2. The van der Waals surface area contributed by atoms with Crippen LogP contribution in [0.25, 0.3) is 11.1 Å². The number of aromatic nitrogens is 1. The van der Waals surface area contributed by atoms with Gasteiger partial charge in [0.1, 0.15) is 12.4 Å². The van der Waals surface area contributed by atoms with E-state index in [-0.39, 0.29) is 23.5 Å². The number of hydrogen-bond donors (Lipinski definition) is 0. The van der Waals surface area contributed by atoms with E-state index in [1.807, 2.05) is 12.1 Å². The first-order valence-electron chi connectivity index (χ1n) is 8.85. The highest BCUT2D eigenvalue weighted by molar-refractivity contribution is 7.99. The molecule has 27 heavy (non-hydrogen) atoms. The van der Waals surface area contributed by atoms with Gasteiger partial charge in [0, 0.05) is 29.7 Å². The molecule has 2 heterocycles. The summed E-state index contributed by atoms with van der Waals surface area (Å²) < 4.78 is 20.6. The van der Waals surface area contributed by atoms with Gasteiger partial charge >= 0.3 is 5.76 Å². The van der Waals surface area contributed by atoms with E-state index in [4.69, 9.17) is 4.42 Å². The first-order valence-corrected chi connectivity index (χ1v) is 9.90. The fourth-order valence-corrected chi connectivity index (χ4v) is 4.66. The lowest BCUT2D eigenvalue weighted by molar-refractivity contribution is -0.131. The van der Waals surface area contributed by atoms with Crippen LogP contribution in [0.1, 0.15) is 17.2 Å². The standard InChI is InChI=1S/C20H19FN2O3S/c21-15-6-2-1-5-14(15)18-9-10-22(11-12-27-18)19(24)13-23-16-7-3-4-8-17(16)26-20(23)25/h1-8,18H,9-13H2/t18-/m0/s1. The number of thioether (sulfide) groups is 1. The molecule has 1 atom stereocenters. The Bertz CT molecular complexity index is 1030. The number of oxazole rings is 1. The van der Waals surface area contributed by atoms with Crippen molar-refractivity contribution < 1.29 is 13.6 Å². The average molecular weight is 386 g/mol. The normalized spacial score (nSPS) is 17.8. The monoisotopic (exact) mass is 386 g/mol. The van der Waals surface area contributed by atoms with E-state index in [1.54, 1.807) is 47.0 Å². The van der Waals surface area contributed by atoms with Crippen molar-refractivity contribution in [3.05, 3.63) is 70.5 Å². The molecule has 0 N–H and O–H groups in total. The van der Waals surface area contributed by atoms with Crippen LogP contribution in [0.2, 0.25) is 0 Å². The second-order valence-electron chi connectivity index (χ2n) is 6.47. The number of fused-ring (bicyclic) bond motifs is 1. The average Bonchev–Trinajstić information content (AvgIpc) is 2.84. The van der Waals surface area contributed by atoms with E-state index in [2.05, 4.69) is 0 Å². The van der Waals surface area contributed by atoms with E-state index in [0.29, 0.717) is 36.2 Å². The van der Waals surface area contributed by atoms with Crippen molar-refractivity contribution >= 4 is 28.8 Å². The molecule has 0 aliphatic carbocycles. The molecule has 0 unspecified atom stereocenters. The number of hydrogen-bond acceptors (Lipinski definition) is 4. The largest absolute Gasteiger partial charge is 0.420 e. The number of rotatable bonds is 3. The summed E-state index contributed by atoms with van der Waals surface area (Å²) >= 11 is 1.67. The van der Waals surface area contributed by atoms with Crippen LogP contribution in [0.15, 0.2) is 57.7 Å². The first-order chi connectivity index (χ1) is 13.1. The number of amides is 1. The van der Waals surface area contributed by atoms with Gasteiger partial charge in [-0.15, -0.1) is 0 Å². The van der Waals surface area contributed by atoms with Crippen LogP contribution in [0.4, 0.5) is 4.39 Å². The molecule has 1 amide bonds. The van der Waals surface area contributed by atoms with Gasteiger partial charge in [0.25, 0.3) is 0 Å². The van der Waals surface area contributed by atoms with Gasteiger partial charge in [-0.1, -0.05) is 30.3 Å². The summed E-state index contributed by atoms with van der Waals surface area (Å²) in [6, 6.07) is 13.9. The van der Waals surface area contributed by atoms with E-state index < -0.39 is 5.76 Å². The van der Waals surface area contributed by atoms with Crippen molar-refractivity contribution in [2.75, 3.05) is 18.8 Å². The molecule has 0 radical (unpaired) electrons. The Balaban J connectivity index is 1.48. The van der Waals surface area contributed by atoms with Crippen LogP contribution < -0.4 is 5.76 Å². The number of para-hydroxylation sites is 2. The molecule has 7 heteroatoms. The van der Waals surface area contributed by atoms with Crippen molar-refractivity contribution in [3.8, 4) is 0 Å². The van der Waals surface area contributed by atoms with Crippen molar-refractivity contribution in [2.24, 2.45) is 0 Å². The molecule has 1 saturated heterocycles. The van der Waals surface area contributed by atoms with Crippen molar-refractivity contribution in [3.63, 3.8) is 0 Å². The van der Waals surface area contributed by atoms with Gasteiger partial charge < -0.3 is 9.32 Å². The van der Waals surface area contributed by atoms with Gasteiger partial charge in [-0.05, 0) is 24.6 Å². The fourth-order valence-electron chi connectivity index (χ4n) is 3.40. The Kier molecular flexibility index (Phi) is 5.03. The summed E-state index contributed by atoms with van der Waals surface area (Å²) in [6.45, 7) is 1.07. The summed E-state index contributed by atoms with van der Waals surface area (Å²) in [5, 5.41) is 0.0291. The molecule has 0 spiro atoms. The SMILES string of the molecule is O=C(Cn1c(=O)oc2ccccc21)N1CCS[C@H](c2ccccc2F)CC1. The number of carbonyl (C=O) groups is 1. The zero-order chi connectivity index (χ0) is 18.8. The van der Waals surface area contributed by atoms with Crippen LogP contribution in [-0.2, 0) is 11.3 Å². The van der Waals surface area contributed by atoms with Crippen molar-refractivity contribution in [2.45, 2.75) is 18.2 Å². The molecule has 0 saturated carbocycles. The third kappa shape index (κ3) is 3.64. The molecule has 1 aliphatic heterocycles. The Morgan fingerprint density at radius 2 is 1.93 bits per heavy atom. The number of carbonyl (C=O) groups excluding carboxylic acids is 1. The Hall–Kier alpha value is -2.54. The first kappa shape index (κ1) is 17.9. The van der Waals surface area contributed by atoms with E-state index in [1.165, 1.54) is 10.6 Å². The van der Waals surface area contributed by atoms with Gasteiger partial charge in [-0.2, -0.15) is 11.8 Å². The highest BCUT2D eigenvalue weighted by Gasteiger charge is 2.24. The predicted octanol–water partition coefficient (Wildman–Crippen LogP) is 3.44. The van der Waals surface area contributed by atoms with E-state index in [9.17, 15) is 14.0 Å². The topological polar surface area (TPSA) is 55.5 Å². The van der Waals surface area contributed by atoms with Crippen LogP contribution in [0.5, 0.6) is 0 Å². The lowest BCUT2D eigenvalue weighted by atomic mass is 10.1. The minimum Gasteiger partial charge on any atom is -0.408 e. The summed E-state index contributed by atoms with van der Waals surface area (Å²) in [6.07, 6.45) is 0.679. The molecule has 2 aromatic carbocycles. The highest BCUT2D eigenvalue weighted by Crippen LogP contribution is 2.35. The summed E-state index contributed by atoms with van der Waals surface area (Å²) in [7, 11) is 0. The maximum absolute atomic E-state index is 14.1. The molecule has 1 aliphatic rings. The third-order valence-electron chi connectivity index (χ3n) is 4.81. The summed E-state index contributed by atoms with van der Waals surface area (Å²) in [5.74, 6) is -0.131. The van der Waals surface area contributed by atoms with Gasteiger partial charge in [-0.25, -0.2) is 9.18 Å². The molecule has 1 fully saturated rings. The maximum atomic E-state index is 14.1. The third-order valence-corrected chi connectivity index (χ3v) is 6.12. The van der Waals surface area contributed by atoms with Crippen LogP contribution >= 0.6 is 11.8 Å². The van der Waals surface area contributed by atoms with Gasteiger partial charge in [0.2, 0.25) is 5.91 Å². The highest BCUT2D eigenvalue weighted by atomic mass is 32.2. The fraction of sp³-hybridized carbons (Fsp3) is 0.300. The Labute approximate surface area is 159 Å². The lowest BCUT2D eigenvalue weighted by Crippen LogP contribution is -2.37. The van der Waals surface area contributed by atoms with Gasteiger partial charge in [0.15, 0.2) is 5.58 Å². The van der Waals surface area contributed by atoms with Crippen LogP contribution in [-0.4, -0.2) is 34.2 Å². The molecule has 5 nitrogen and oxygen atoms in total. The molecular weight excluding hydrogens is 367 g/mol. The predicted molar refractivity (Wildman–Crippen MR) is 103 cm³/mol. The zero-order valence-electron chi connectivity index (χ0n) is 14.6. The maximum Gasteiger partial charge on any atom is 0.420 e. The number of benzene rings is 2. The number of halogens is 1. The summed E-state index contributed by atoms with van der Waals surface area (Å²) in [5.41, 5.74) is 1.78. The van der Waals surface area contributed by atoms with E-state index in [0.717, 1.165) is 5.75 Å². The molecule has 0 bridgehead atoms. The quantitative estimate of drug-likeness (QED) is 0.692. The van der Waals surface area contributed by atoms with E-state index >= 15 is 0 Å². The van der Waals surface area contributed by atoms with Crippen molar-refractivity contribution in [1.82, 2.24) is 9.47 Å². The van der Waals surface area contributed by atoms with Crippen LogP contribution in [0.3, 0.4) is 0 Å².